The summed E-state index contributed by atoms with van der Waals surface area (Å²) in [5, 5.41) is 6.33. The number of rotatable bonds is 6. The van der Waals surface area contributed by atoms with Gasteiger partial charge in [-0.15, -0.1) is 0 Å². The first-order valence-corrected chi connectivity index (χ1v) is 13.1. The molecule has 2 aliphatic heterocycles. The van der Waals surface area contributed by atoms with Crippen LogP contribution in [0, 0.1) is 0 Å². The van der Waals surface area contributed by atoms with Gasteiger partial charge in [0.1, 0.15) is 5.60 Å². The molecule has 2 aromatic carbocycles. The lowest BCUT2D eigenvalue weighted by Gasteiger charge is -2.37. The Kier molecular flexibility index (Phi) is 7.62. The second-order valence-electron chi connectivity index (χ2n) is 9.82. The van der Waals surface area contributed by atoms with Crippen LogP contribution in [-0.4, -0.2) is 27.5 Å². The predicted molar refractivity (Wildman–Crippen MR) is 145 cm³/mol. The van der Waals surface area contributed by atoms with Gasteiger partial charge in [-0.2, -0.15) is 0 Å². The first-order valence-electron chi connectivity index (χ1n) is 11.8. The van der Waals surface area contributed by atoms with Crippen molar-refractivity contribution >= 4 is 40.4 Å². The summed E-state index contributed by atoms with van der Waals surface area (Å²) in [6.45, 7) is 9.29. The molecule has 6 nitrogen and oxygen atoms in total. The molecule has 2 atom stereocenters. The molecule has 36 heavy (non-hydrogen) atoms. The zero-order chi connectivity index (χ0) is 26.0. The number of allylic oxidation sites excluding steroid dienone is 1. The molecular weight excluding hydrogens is 494 g/mol. The maximum absolute atomic E-state index is 13.4. The summed E-state index contributed by atoms with van der Waals surface area (Å²) >= 11 is 7.61. The maximum Gasteiger partial charge on any atom is 0.338 e. The molecule has 0 unspecified atom stereocenters. The monoisotopic (exact) mass is 523 g/mol. The van der Waals surface area contributed by atoms with Gasteiger partial charge in [-0.25, -0.2) is 9.79 Å². The molecule has 2 aromatic rings. The van der Waals surface area contributed by atoms with Crippen molar-refractivity contribution in [3.8, 4) is 0 Å². The van der Waals surface area contributed by atoms with Gasteiger partial charge in [0.05, 0.1) is 29.8 Å². The largest absolute Gasteiger partial charge is 0.456 e. The van der Waals surface area contributed by atoms with E-state index in [-0.39, 0.29) is 18.4 Å². The topological polar surface area (TPSA) is 71.0 Å². The van der Waals surface area contributed by atoms with Gasteiger partial charge < -0.3 is 15.0 Å². The van der Waals surface area contributed by atoms with E-state index in [2.05, 4.69) is 5.32 Å². The fourth-order valence-corrected chi connectivity index (χ4v) is 5.30. The fourth-order valence-electron chi connectivity index (χ4n) is 4.21. The van der Waals surface area contributed by atoms with Crippen molar-refractivity contribution in [2.75, 3.05) is 0 Å². The minimum Gasteiger partial charge on any atom is -0.456 e. The molecule has 0 saturated carbocycles. The van der Waals surface area contributed by atoms with E-state index in [0.717, 1.165) is 22.0 Å². The standard InChI is InChI=1S/C28H30ClN3O3S/c1-17(19-9-7-6-8-10-19)30-23(33)15-22-16-36-27-31-18(2)24(26(34)35-28(3,4)5)25(32(22)27)20-11-13-21(29)14-12-20/h6-14,16-17,25H,15H2,1-5H3,(H,30,33)/t17-,25+/m0/s1. The highest BCUT2D eigenvalue weighted by atomic mass is 35.5. The third kappa shape index (κ3) is 5.85. The minimum atomic E-state index is -0.662. The molecule has 0 aliphatic carbocycles. The van der Waals surface area contributed by atoms with Crippen molar-refractivity contribution < 1.29 is 14.3 Å². The number of aliphatic imine (C=N–C) groups is 1. The Hall–Kier alpha value is -3.03. The van der Waals surface area contributed by atoms with Crippen LogP contribution in [0.4, 0.5) is 0 Å². The fraction of sp³-hybridized carbons (Fsp3) is 0.321. The third-order valence-electron chi connectivity index (χ3n) is 5.82. The van der Waals surface area contributed by atoms with Gasteiger partial charge in [0.2, 0.25) is 5.91 Å². The summed E-state index contributed by atoms with van der Waals surface area (Å²) in [5.74, 6) is -0.541. The Morgan fingerprint density at radius 1 is 1.14 bits per heavy atom. The summed E-state index contributed by atoms with van der Waals surface area (Å²) in [7, 11) is 0. The van der Waals surface area contributed by atoms with Crippen molar-refractivity contribution in [3.63, 3.8) is 0 Å². The van der Waals surface area contributed by atoms with Gasteiger partial charge in [-0.3, -0.25) is 4.79 Å². The Bertz CT molecular complexity index is 1250. The number of amides is 1. The molecule has 0 saturated heterocycles. The van der Waals surface area contributed by atoms with Gasteiger partial charge in [-0.05, 0) is 63.3 Å². The highest BCUT2D eigenvalue weighted by molar-refractivity contribution is 8.16. The van der Waals surface area contributed by atoms with Gasteiger partial charge in [0.15, 0.2) is 5.17 Å². The molecule has 2 aliphatic rings. The maximum atomic E-state index is 13.4. The normalized spacial score (nSPS) is 18.3. The van der Waals surface area contributed by atoms with E-state index in [1.165, 1.54) is 11.8 Å². The van der Waals surface area contributed by atoms with Crippen LogP contribution < -0.4 is 5.32 Å². The first kappa shape index (κ1) is 26.0. The Morgan fingerprint density at radius 2 is 1.81 bits per heavy atom. The number of nitrogens with zero attached hydrogens (tertiary/aromatic N) is 2. The van der Waals surface area contributed by atoms with Crippen molar-refractivity contribution in [1.82, 2.24) is 10.2 Å². The quantitative estimate of drug-likeness (QED) is 0.436. The van der Waals surface area contributed by atoms with Crippen LogP contribution in [0.3, 0.4) is 0 Å². The number of benzene rings is 2. The van der Waals surface area contributed by atoms with Gasteiger partial charge in [0, 0.05) is 10.7 Å². The predicted octanol–water partition coefficient (Wildman–Crippen LogP) is 6.52. The molecule has 1 amide bonds. The van der Waals surface area contributed by atoms with E-state index in [1.54, 1.807) is 12.1 Å². The van der Waals surface area contributed by atoms with E-state index in [1.807, 2.05) is 87.4 Å². The Labute approximate surface area is 221 Å². The first-order chi connectivity index (χ1) is 17.0. The van der Waals surface area contributed by atoms with Crippen LogP contribution >= 0.6 is 23.4 Å². The van der Waals surface area contributed by atoms with E-state index < -0.39 is 17.6 Å². The number of fused-ring (bicyclic) bond motifs is 1. The highest BCUT2D eigenvalue weighted by Crippen LogP contribution is 2.45. The SMILES string of the molecule is CC1=C(C(=O)OC(C)(C)C)[C@@H](c2ccc(Cl)cc2)N2C(CC(=O)N[C@@H](C)c3ccccc3)=CSC2=N1. The summed E-state index contributed by atoms with van der Waals surface area (Å²) in [6.07, 6.45) is 0.147. The molecule has 188 valence electrons. The van der Waals surface area contributed by atoms with Crippen LogP contribution in [0.15, 0.2) is 82.0 Å². The van der Waals surface area contributed by atoms with Crippen molar-refractivity contribution in [3.05, 3.63) is 93.1 Å². The van der Waals surface area contributed by atoms with Crippen LogP contribution in [0.25, 0.3) is 0 Å². The number of halogens is 1. The Balaban J connectivity index is 1.64. The highest BCUT2D eigenvalue weighted by Gasteiger charge is 2.41. The lowest BCUT2D eigenvalue weighted by molar-refractivity contribution is -0.150. The molecule has 4 rings (SSSR count). The van der Waals surface area contributed by atoms with Crippen molar-refractivity contribution in [1.29, 1.82) is 0 Å². The molecule has 0 radical (unpaired) electrons. The number of esters is 1. The summed E-state index contributed by atoms with van der Waals surface area (Å²) in [5.41, 5.74) is 3.04. The molecule has 8 heteroatoms. The van der Waals surface area contributed by atoms with E-state index in [4.69, 9.17) is 21.3 Å². The molecule has 1 N–H and O–H groups in total. The summed E-state index contributed by atoms with van der Waals surface area (Å²) in [6, 6.07) is 16.6. The van der Waals surface area contributed by atoms with Crippen LogP contribution in [-0.2, 0) is 14.3 Å². The van der Waals surface area contributed by atoms with Crippen LogP contribution in [0.2, 0.25) is 5.02 Å². The lowest BCUT2D eigenvalue weighted by Crippen LogP contribution is -2.39. The lowest BCUT2D eigenvalue weighted by atomic mass is 9.93. The van der Waals surface area contributed by atoms with Crippen LogP contribution in [0.1, 0.15) is 64.3 Å². The van der Waals surface area contributed by atoms with Gasteiger partial charge >= 0.3 is 5.97 Å². The summed E-state index contributed by atoms with van der Waals surface area (Å²) in [4.78, 5) is 33.1. The van der Waals surface area contributed by atoms with Crippen LogP contribution in [0.5, 0.6) is 0 Å². The number of nitrogens with one attached hydrogen (secondary N) is 1. The molecule has 0 aromatic heterocycles. The minimum absolute atomic E-state index is 0.112. The zero-order valence-electron chi connectivity index (χ0n) is 21.0. The average molecular weight is 524 g/mol. The molecule has 2 heterocycles. The second kappa shape index (κ2) is 10.5. The smallest absolute Gasteiger partial charge is 0.338 e. The number of carbonyl (C=O) groups is 2. The third-order valence-corrected chi connectivity index (χ3v) is 6.96. The van der Waals surface area contributed by atoms with E-state index >= 15 is 0 Å². The number of carbonyl (C=O) groups excluding carboxylic acids is 2. The van der Waals surface area contributed by atoms with Gasteiger partial charge in [-0.1, -0.05) is 65.8 Å². The van der Waals surface area contributed by atoms with Crippen molar-refractivity contribution in [2.45, 2.75) is 58.7 Å². The van der Waals surface area contributed by atoms with E-state index in [0.29, 0.717) is 16.3 Å². The van der Waals surface area contributed by atoms with E-state index in [9.17, 15) is 9.59 Å². The second-order valence-corrected chi connectivity index (χ2v) is 11.1. The Morgan fingerprint density at radius 3 is 2.44 bits per heavy atom. The van der Waals surface area contributed by atoms with Gasteiger partial charge in [0.25, 0.3) is 0 Å². The van der Waals surface area contributed by atoms with Crippen molar-refractivity contribution in [2.24, 2.45) is 4.99 Å². The molecule has 0 spiro atoms. The molecular formula is C28H30ClN3O3S. The number of thioether (sulfide) groups is 1. The summed E-state index contributed by atoms with van der Waals surface area (Å²) < 4.78 is 5.77. The number of amidine groups is 1. The molecule has 0 bridgehead atoms. The zero-order valence-corrected chi connectivity index (χ0v) is 22.6. The average Bonchev–Trinajstić information content (AvgIpc) is 3.19. The number of ether oxygens (including phenoxy) is 1. The number of hydrogen-bond donors (Lipinski definition) is 1. The molecule has 0 fully saturated rings. The number of hydrogen-bond acceptors (Lipinski definition) is 6.